The van der Waals surface area contributed by atoms with Gasteiger partial charge in [-0.05, 0) is 29.8 Å². The first-order chi connectivity index (χ1) is 10.0. The molecule has 0 heterocycles. The van der Waals surface area contributed by atoms with Crippen molar-refractivity contribution in [3.63, 3.8) is 0 Å². The largest absolute Gasteiger partial charge is 0.507 e. The molecule has 5 nitrogen and oxygen atoms in total. The number of nitrogens with one attached hydrogen (secondary N) is 1. The highest BCUT2D eigenvalue weighted by Gasteiger charge is 2.14. The molecular formula is C16H18N2O3. The molecule has 5 heteroatoms. The molecule has 0 spiro atoms. The number of amides is 2. The second-order valence-electron chi connectivity index (χ2n) is 4.81. The second kappa shape index (κ2) is 6.26. The lowest BCUT2D eigenvalue weighted by molar-refractivity contribution is -0.128. The average Bonchev–Trinajstić information content (AvgIpc) is 2.50. The first kappa shape index (κ1) is 14.8. The molecule has 0 aliphatic carbocycles. The van der Waals surface area contributed by atoms with Gasteiger partial charge in [0.15, 0.2) is 0 Å². The summed E-state index contributed by atoms with van der Waals surface area (Å²) in [5, 5.41) is 14.2. The van der Waals surface area contributed by atoms with Gasteiger partial charge in [0.05, 0.1) is 12.1 Å². The van der Waals surface area contributed by atoms with Crippen LogP contribution in [0.3, 0.4) is 0 Å². The molecule has 2 rings (SSSR count). The molecule has 0 aliphatic rings. The van der Waals surface area contributed by atoms with Crippen molar-refractivity contribution in [3.8, 4) is 5.75 Å². The Balaban J connectivity index is 2.16. The third-order valence-corrected chi connectivity index (χ3v) is 3.41. The predicted molar refractivity (Wildman–Crippen MR) is 81.3 cm³/mol. The van der Waals surface area contributed by atoms with E-state index in [4.69, 9.17) is 0 Å². The summed E-state index contributed by atoms with van der Waals surface area (Å²) in [7, 11) is 1.67. The number of phenolic OH excluding ortho intramolecular Hbond substituents is 1. The van der Waals surface area contributed by atoms with E-state index in [9.17, 15) is 14.7 Å². The fraction of sp³-hybridized carbons (Fsp3) is 0.250. The zero-order chi connectivity index (χ0) is 15.4. The van der Waals surface area contributed by atoms with E-state index in [1.54, 1.807) is 19.2 Å². The molecule has 2 aromatic carbocycles. The molecule has 110 valence electrons. The molecule has 0 bridgehead atoms. The summed E-state index contributed by atoms with van der Waals surface area (Å²) in [6.45, 7) is 2.35. The zero-order valence-electron chi connectivity index (χ0n) is 12.1. The van der Waals surface area contributed by atoms with Crippen LogP contribution in [0.4, 0.5) is 0 Å². The minimum atomic E-state index is -0.462. The lowest BCUT2D eigenvalue weighted by Gasteiger charge is -2.15. The van der Waals surface area contributed by atoms with E-state index in [0.29, 0.717) is 6.54 Å². The van der Waals surface area contributed by atoms with Crippen LogP contribution in [-0.2, 0) is 4.79 Å². The normalized spacial score (nSPS) is 10.4. The Bertz CT molecular complexity index is 682. The van der Waals surface area contributed by atoms with E-state index in [1.165, 1.54) is 4.90 Å². The SMILES string of the molecule is CCN(C)C(=O)CNC(=O)c1cc2ccccc2cc1O. The minimum Gasteiger partial charge on any atom is -0.507 e. The highest BCUT2D eigenvalue weighted by molar-refractivity contribution is 6.02. The number of likely N-dealkylation sites (N-methyl/N-ethyl adjacent to an activating group) is 1. The summed E-state index contributed by atoms with van der Waals surface area (Å²) in [6.07, 6.45) is 0. The molecule has 0 aliphatic heterocycles. The molecule has 0 saturated carbocycles. The van der Waals surface area contributed by atoms with Crippen LogP contribution in [0.2, 0.25) is 0 Å². The highest BCUT2D eigenvalue weighted by Crippen LogP contribution is 2.24. The van der Waals surface area contributed by atoms with E-state index in [0.717, 1.165) is 10.8 Å². The quantitative estimate of drug-likeness (QED) is 0.899. The Morgan fingerprint density at radius 3 is 2.43 bits per heavy atom. The van der Waals surface area contributed by atoms with Gasteiger partial charge in [0.25, 0.3) is 5.91 Å². The van der Waals surface area contributed by atoms with Crippen molar-refractivity contribution in [3.05, 3.63) is 42.0 Å². The highest BCUT2D eigenvalue weighted by atomic mass is 16.3. The topological polar surface area (TPSA) is 69.6 Å². The molecule has 0 saturated heterocycles. The number of benzene rings is 2. The number of aromatic hydroxyl groups is 1. The van der Waals surface area contributed by atoms with Gasteiger partial charge in [0.1, 0.15) is 5.75 Å². The first-order valence-corrected chi connectivity index (χ1v) is 6.77. The van der Waals surface area contributed by atoms with Crippen molar-refractivity contribution in [2.24, 2.45) is 0 Å². The third kappa shape index (κ3) is 3.31. The standard InChI is InChI=1S/C16H18N2O3/c1-3-18(2)15(20)10-17-16(21)13-8-11-6-4-5-7-12(11)9-14(13)19/h4-9,19H,3,10H2,1-2H3,(H,17,21). The van der Waals surface area contributed by atoms with Gasteiger partial charge in [-0.25, -0.2) is 0 Å². The number of fused-ring (bicyclic) bond motifs is 1. The number of phenols is 1. The van der Waals surface area contributed by atoms with Gasteiger partial charge < -0.3 is 15.3 Å². The second-order valence-corrected chi connectivity index (χ2v) is 4.81. The molecule has 0 radical (unpaired) electrons. The summed E-state index contributed by atoms with van der Waals surface area (Å²) in [5.41, 5.74) is 0.167. The molecule has 2 aromatic rings. The van der Waals surface area contributed by atoms with Gasteiger partial charge in [0.2, 0.25) is 5.91 Å². The van der Waals surface area contributed by atoms with Crippen LogP contribution >= 0.6 is 0 Å². The fourth-order valence-corrected chi connectivity index (χ4v) is 1.97. The van der Waals surface area contributed by atoms with Crippen LogP contribution in [-0.4, -0.2) is 42.0 Å². The number of carbonyl (C=O) groups is 2. The van der Waals surface area contributed by atoms with E-state index >= 15 is 0 Å². The number of hydrogen-bond acceptors (Lipinski definition) is 3. The maximum atomic E-state index is 12.1. The van der Waals surface area contributed by atoms with E-state index in [2.05, 4.69) is 5.32 Å². The fourth-order valence-electron chi connectivity index (χ4n) is 1.97. The molecule has 0 unspecified atom stereocenters. The van der Waals surface area contributed by atoms with Gasteiger partial charge in [-0.15, -0.1) is 0 Å². The Morgan fingerprint density at radius 2 is 1.81 bits per heavy atom. The van der Waals surface area contributed by atoms with Crippen LogP contribution < -0.4 is 5.32 Å². The van der Waals surface area contributed by atoms with Gasteiger partial charge in [-0.2, -0.15) is 0 Å². The minimum absolute atomic E-state index is 0.0879. The molecule has 21 heavy (non-hydrogen) atoms. The van der Waals surface area contributed by atoms with Crippen LogP contribution in [0.15, 0.2) is 36.4 Å². The Kier molecular flexibility index (Phi) is 4.42. The zero-order valence-corrected chi connectivity index (χ0v) is 12.1. The molecule has 2 N–H and O–H groups in total. The average molecular weight is 286 g/mol. The number of hydrogen-bond donors (Lipinski definition) is 2. The molecule has 0 fully saturated rings. The summed E-state index contributed by atoms with van der Waals surface area (Å²) < 4.78 is 0. The van der Waals surface area contributed by atoms with E-state index in [1.807, 2.05) is 31.2 Å². The van der Waals surface area contributed by atoms with Crippen molar-refractivity contribution in [1.82, 2.24) is 10.2 Å². The van der Waals surface area contributed by atoms with Gasteiger partial charge in [-0.3, -0.25) is 9.59 Å². The molecule has 0 aromatic heterocycles. The summed E-state index contributed by atoms with van der Waals surface area (Å²) in [4.78, 5) is 25.3. The van der Waals surface area contributed by atoms with Crippen LogP contribution in [0.25, 0.3) is 10.8 Å². The Labute approximate surface area is 123 Å². The summed E-state index contributed by atoms with van der Waals surface area (Å²) in [6, 6.07) is 10.6. The molecule has 2 amide bonds. The summed E-state index contributed by atoms with van der Waals surface area (Å²) in [5.74, 6) is -0.732. The third-order valence-electron chi connectivity index (χ3n) is 3.41. The smallest absolute Gasteiger partial charge is 0.255 e. The van der Waals surface area contributed by atoms with Crippen LogP contribution in [0, 0.1) is 0 Å². The van der Waals surface area contributed by atoms with E-state index < -0.39 is 5.91 Å². The van der Waals surface area contributed by atoms with Crippen molar-refractivity contribution >= 4 is 22.6 Å². The number of rotatable bonds is 4. The van der Waals surface area contributed by atoms with Crippen molar-refractivity contribution in [2.75, 3.05) is 20.1 Å². The number of nitrogens with zero attached hydrogens (tertiary/aromatic N) is 1. The van der Waals surface area contributed by atoms with E-state index in [-0.39, 0.29) is 23.8 Å². The predicted octanol–water partition coefficient (Wildman–Crippen LogP) is 1.75. The lowest BCUT2D eigenvalue weighted by atomic mass is 10.1. The first-order valence-electron chi connectivity index (χ1n) is 6.77. The Morgan fingerprint density at radius 1 is 1.19 bits per heavy atom. The van der Waals surface area contributed by atoms with Crippen LogP contribution in [0.1, 0.15) is 17.3 Å². The summed E-state index contributed by atoms with van der Waals surface area (Å²) >= 11 is 0. The number of carbonyl (C=O) groups excluding carboxylic acids is 2. The monoisotopic (exact) mass is 286 g/mol. The lowest BCUT2D eigenvalue weighted by Crippen LogP contribution is -2.38. The Hall–Kier alpha value is -2.56. The van der Waals surface area contributed by atoms with Crippen molar-refractivity contribution in [1.29, 1.82) is 0 Å². The van der Waals surface area contributed by atoms with Crippen LogP contribution in [0.5, 0.6) is 5.75 Å². The van der Waals surface area contributed by atoms with Crippen molar-refractivity contribution in [2.45, 2.75) is 6.92 Å². The molecular weight excluding hydrogens is 268 g/mol. The maximum absolute atomic E-state index is 12.1. The van der Waals surface area contributed by atoms with Crippen molar-refractivity contribution < 1.29 is 14.7 Å². The molecule has 0 atom stereocenters. The van der Waals surface area contributed by atoms with Gasteiger partial charge >= 0.3 is 0 Å². The maximum Gasteiger partial charge on any atom is 0.255 e. The van der Waals surface area contributed by atoms with Gasteiger partial charge in [0, 0.05) is 13.6 Å². The van der Waals surface area contributed by atoms with Gasteiger partial charge in [-0.1, -0.05) is 24.3 Å².